The molecule has 0 spiro atoms. The van der Waals surface area contributed by atoms with E-state index >= 15 is 0 Å². The maximum absolute atomic E-state index is 12.7. The van der Waals surface area contributed by atoms with Crippen molar-refractivity contribution in [1.29, 1.82) is 0 Å². The topological polar surface area (TPSA) is 77.5 Å². The van der Waals surface area contributed by atoms with Crippen LogP contribution in [0.2, 0.25) is 0 Å². The third-order valence-electron chi connectivity index (χ3n) is 6.89. The first-order valence-electron chi connectivity index (χ1n) is 13.7. The van der Waals surface area contributed by atoms with Crippen molar-refractivity contribution in [2.24, 2.45) is 5.92 Å². The zero-order chi connectivity index (χ0) is 27.3. The van der Waals surface area contributed by atoms with Gasteiger partial charge in [-0.2, -0.15) is 0 Å². The highest BCUT2D eigenvalue weighted by Crippen LogP contribution is 2.35. The SMILES string of the molecule is CCCCOC(=O)N1CCC(C(O)(OCc2ccccc2)C(OCc2ccccc2)OCc2ccccc2)C1. The van der Waals surface area contributed by atoms with Crippen LogP contribution in [-0.2, 0) is 38.8 Å². The van der Waals surface area contributed by atoms with Crippen LogP contribution in [0.3, 0.4) is 0 Å². The Kier molecular flexibility index (Phi) is 10.9. The number of carbonyl (C=O) groups is 1. The normalized spacial score (nSPS) is 16.8. The number of hydrogen-bond acceptors (Lipinski definition) is 6. The molecule has 2 atom stereocenters. The van der Waals surface area contributed by atoms with Crippen LogP contribution in [0, 0.1) is 5.92 Å². The molecule has 4 rings (SSSR count). The van der Waals surface area contributed by atoms with Crippen molar-refractivity contribution in [2.45, 2.75) is 58.1 Å². The zero-order valence-corrected chi connectivity index (χ0v) is 22.6. The van der Waals surface area contributed by atoms with Crippen LogP contribution in [0.25, 0.3) is 0 Å². The van der Waals surface area contributed by atoms with Crippen molar-refractivity contribution in [1.82, 2.24) is 4.90 Å². The van der Waals surface area contributed by atoms with Crippen LogP contribution >= 0.6 is 0 Å². The van der Waals surface area contributed by atoms with E-state index in [2.05, 4.69) is 6.92 Å². The lowest BCUT2D eigenvalue weighted by Crippen LogP contribution is -2.54. The Hall–Kier alpha value is -3.23. The van der Waals surface area contributed by atoms with Crippen molar-refractivity contribution in [2.75, 3.05) is 19.7 Å². The Morgan fingerprint density at radius 1 is 0.872 bits per heavy atom. The maximum atomic E-state index is 12.7. The molecule has 1 aliphatic heterocycles. The van der Waals surface area contributed by atoms with Gasteiger partial charge in [0.25, 0.3) is 0 Å². The van der Waals surface area contributed by atoms with Gasteiger partial charge in [0.1, 0.15) is 0 Å². The first-order chi connectivity index (χ1) is 19.1. The van der Waals surface area contributed by atoms with Gasteiger partial charge in [0.05, 0.1) is 26.4 Å². The predicted molar refractivity (Wildman–Crippen MR) is 148 cm³/mol. The highest BCUT2D eigenvalue weighted by molar-refractivity contribution is 5.68. The minimum atomic E-state index is -1.82. The van der Waals surface area contributed by atoms with Crippen LogP contribution in [0.15, 0.2) is 91.0 Å². The second-order valence-electron chi connectivity index (χ2n) is 9.85. The van der Waals surface area contributed by atoms with Crippen molar-refractivity contribution in [3.8, 4) is 0 Å². The Morgan fingerprint density at radius 3 is 1.90 bits per heavy atom. The molecule has 0 radical (unpaired) electrons. The van der Waals surface area contributed by atoms with Crippen molar-refractivity contribution < 1.29 is 28.8 Å². The molecule has 1 fully saturated rings. The molecular weight excluding hydrogens is 494 g/mol. The minimum Gasteiger partial charge on any atom is -0.449 e. The summed E-state index contributed by atoms with van der Waals surface area (Å²) < 4.78 is 24.2. The van der Waals surface area contributed by atoms with Gasteiger partial charge in [-0.05, 0) is 29.5 Å². The molecular formula is C32H39NO6. The fourth-order valence-corrected chi connectivity index (χ4v) is 4.59. The maximum Gasteiger partial charge on any atom is 0.409 e. The van der Waals surface area contributed by atoms with E-state index in [1.807, 2.05) is 91.0 Å². The number of benzene rings is 3. The first-order valence-corrected chi connectivity index (χ1v) is 13.7. The molecule has 7 nitrogen and oxygen atoms in total. The number of likely N-dealkylation sites (tertiary alicyclic amines) is 1. The van der Waals surface area contributed by atoms with E-state index in [1.54, 1.807) is 4.90 Å². The van der Waals surface area contributed by atoms with Gasteiger partial charge in [-0.25, -0.2) is 4.79 Å². The molecule has 3 aromatic rings. The Bertz CT molecular complexity index is 1070. The molecule has 1 amide bonds. The average molecular weight is 534 g/mol. The molecule has 1 N–H and O–H groups in total. The summed E-state index contributed by atoms with van der Waals surface area (Å²) in [6, 6.07) is 29.2. The van der Waals surface area contributed by atoms with Crippen LogP contribution in [0.4, 0.5) is 4.79 Å². The van der Waals surface area contributed by atoms with Crippen LogP contribution in [-0.4, -0.2) is 47.9 Å². The third kappa shape index (κ3) is 8.38. The molecule has 0 bridgehead atoms. The second kappa shape index (κ2) is 14.8. The number of nitrogens with zero attached hydrogens (tertiary/aromatic N) is 1. The Balaban J connectivity index is 1.55. The smallest absolute Gasteiger partial charge is 0.409 e. The van der Waals surface area contributed by atoms with E-state index in [0.717, 1.165) is 29.5 Å². The summed E-state index contributed by atoms with van der Waals surface area (Å²) in [4.78, 5) is 14.3. The molecule has 3 aromatic carbocycles. The van der Waals surface area contributed by atoms with Crippen LogP contribution in [0.1, 0.15) is 42.9 Å². The van der Waals surface area contributed by atoms with E-state index in [0.29, 0.717) is 19.6 Å². The summed E-state index contributed by atoms with van der Waals surface area (Å²) >= 11 is 0. The Morgan fingerprint density at radius 2 is 1.38 bits per heavy atom. The Labute approximate surface area is 231 Å². The molecule has 1 saturated heterocycles. The van der Waals surface area contributed by atoms with Gasteiger partial charge in [0.2, 0.25) is 12.1 Å². The largest absolute Gasteiger partial charge is 0.449 e. The summed E-state index contributed by atoms with van der Waals surface area (Å²) in [5, 5.41) is 12.3. The standard InChI is InChI=1S/C32H39NO6/c1-2-3-21-36-31(34)33-20-19-29(22-33)32(35,39-25-28-17-11-6-12-18-28)30(37-23-26-13-7-4-8-14-26)38-24-27-15-9-5-10-16-27/h4-18,29-30,35H,2-3,19-25H2,1H3. The van der Waals surface area contributed by atoms with Gasteiger partial charge >= 0.3 is 6.09 Å². The van der Waals surface area contributed by atoms with Gasteiger partial charge in [-0.15, -0.1) is 0 Å². The van der Waals surface area contributed by atoms with E-state index in [1.165, 1.54) is 0 Å². The number of unbranched alkanes of at least 4 members (excludes halogenated alkanes) is 1. The quantitative estimate of drug-likeness (QED) is 0.205. The molecule has 0 aliphatic carbocycles. The molecule has 39 heavy (non-hydrogen) atoms. The summed E-state index contributed by atoms with van der Waals surface area (Å²) in [5.74, 6) is -2.27. The number of rotatable bonds is 14. The summed E-state index contributed by atoms with van der Waals surface area (Å²) in [5.41, 5.74) is 2.81. The van der Waals surface area contributed by atoms with Crippen molar-refractivity contribution in [3.05, 3.63) is 108 Å². The van der Waals surface area contributed by atoms with Crippen molar-refractivity contribution in [3.63, 3.8) is 0 Å². The summed E-state index contributed by atoms with van der Waals surface area (Å²) in [6.07, 6.45) is 0.803. The van der Waals surface area contributed by atoms with Crippen LogP contribution < -0.4 is 0 Å². The van der Waals surface area contributed by atoms with Gasteiger partial charge in [-0.3, -0.25) is 0 Å². The molecule has 1 heterocycles. The van der Waals surface area contributed by atoms with Crippen molar-refractivity contribution >= 4 is 6.09 Å². The number of hydrogen-bond donors (Lipinski definition) is 1. The number of amides is 1. The highest BCUT2D eigenvalue weighted by atomic mass is 16.7. The average Bonchev–Trinajstić information content (AvgIpc) is 3.49. The molecule has 1 aliphatic rings. The van der Waals surface area contributed by atoms with Gasteiger partial charge in [0.15, 0.2) is 0 Å². The molecule has 208 valence electrons. The van der Waals surface area contributed by atoms with E-state index < -0.39 is 18.0 Å². The predicted octanol–water partition coefficient (Wildman–Crippen LogP) is 5.91. The third-order valence-corrected chi connectivity index (χ3v) is 6.89. The fourth-order valence-electron chi connectivity index (χ4n) is 4.59. The number of aliphatic hydroxyl groups is 1. The second-order valence-corrected chi connectivity index (χ2v) is 9.85. The first kappa shape index (κ1) is 28.8. The lowest BCUT2D eigenvalue weighted by Gasteiger charge is -2.39. The molecule has 0 aromatic heterocycles. The van der Waals surface area contributed by atoms with E-state index in [4.69, 9.17) is 18.9 Å². The minimum absolute atomic E-state index is 0.161. The lowest BCUT2D eigenvalue weighted by atomic mass is 9.96. The van der Waals surface area contributed by atoms with E-state index in [-0.39, 0.29) is 32.5 Å². The lowest BCUT2D eigenvalue weighted by molar-refractivity contribution is -0.364. The number of ether oxygens (including phenoxy) is 4. The zero-order valence-electron chi connectivity index (χ0n) is 22.6. The summed E-state index contributed by atoms with van der Waals surface area (Å²) in [6.45, 7) is 3.78. The monoisotopic (exact) mass is 533 g/mol. The highest BCUT2D eigenvalue weighted by Gasteiger charge is 2.50. The van der Waals surface area contributed by atoms with Gasteiger partial charge in [-0.1, -0.05) is 104 Å². The fraction of sp³-hybridized carbons (Fsp3) is 0.406. The number of carbonyl (C=O) groups excluding carboxylic acids is 1. The van der Waals surface area contributed by atoms with Gasteiger partial charge in [0, 0.05) is 19.0 Å². The molecule has 7 heteroatoms. The summed E-state index contributed by atoms with van der Waals surface area (Å²) in [7, 11) is 0. The molecule has 2 unspecified atom stereocenters. The molecule has 0 saturated carbocycles. The van der Waals surface area contributed by atoms with E-state index in [9.17, 15) is 9.90 Å². The van der Waals surface area contributed by atoms with Crippen LogP contribution in [0.5, 0.6) is 0 Å². The van der Waals surface area contributed by atoms with Gasteiger partial charge < -0.3 is 29.0 Å².